The summed E-state index contributed by atoms with van der Waals surface area (Å²) in [6.07, 6.45) is 3.98. The molecule has 0 heterocycles. The van der Waals surface area contributed by atoms with Crippen molar-refractivity contribution in [3.63, 3.8) is 0 Å². The van der Waals surface area contributed by atoms with Gasteiger partial charge in [-0.1, -0.05) is 6.42 Å². The van der Waals surface area contributed by atoms with Crippen molar-refractivity contribution in [3.05, 3.63) is 0 Å². The second-order valence-electron chi connectivity index (χ2n) is 3.48. The second kappa shape index (κ2) is 10.4. The summed E-state index contributed by atoms with van der Waals surface area (Å²) >= 11 is 0. The second-order valence-corrected chi connectivity index (χ2v) is 3.48. The molecule has 0 saturated heterocycles. The summed E-state index contributed by atoms with van der Waals surface area (Å²) in [5.41, 5.74) is 0. The molecule has 0 aromatic rings. The van der Waals surface area contributed by atoms with Crippen molar-refractivity contribution in [2.24, 2.45) is 0 Å². The van der Waals surface area contributed by atoms with E-state index in [1.54, 1.807) is 0 Å². The van der Waals surface area contributed by atoms with E-state index in [9.17, 15) is 9.59 Å². The van der Waals surface area contributed by atoms with E-state index in [0.29, 0.717) is 13.0 Å². The van der Waals surface area contributed by atoms with Gasteiger partial charge in [0, 0.05) is 13.0 Å². The Morgan fingerprint density at radius 3 is 2.44 bits per heavy atom. The first-order valence-corrected chi connectivity index (χ1v) is 5.44. The van der Waals surface area contributed by atoms with Gasteiger partial charge in [0.25, 0.3) is 0 Å². The number of hydrogen-bond acceptors (Lipinski definition) is 4. The number of urea groups is 1. The molecule has 0 rings (SSSR count). The molecule has 0 aliphatic heterocycles. The summed E-state index contributed by atoms with van der Waals surface area (Å²) in [4.78, 5) is 21.2. The zero-order valence-electron chi connectivity index (χ0n) is 9.32. The number of carbonyl (C=O) groups excluding carboxylic acids is 2. The van der Waals surface area contributed by atoms with Gasteiger partial charge < -0.3 is 25.6 Å². The van der Waals surface area contributed by atoms with Gasteiger partial charge in [0.15, 0.2) is 0 Å². The normalized spacial score (nSPS) is 10.2. The predicted octanol–water partition coefficient (Wildman–Crippen LogP) is -0.602. The number of rotatable bonds is 9. The molecule has 16 heavy (non-hydrogen) atoms. The molecule has 0 aliphatic rings. The number of aldehydes is 1. The van der Waals surface area contributed by atoms with Gasteiger partial charge in [0.05, 0.1) is 19.3 Å². The van der Waals surface area contributed by atoms with Crippen LogP contribution in [0.2, 0.25) is 0 Å². The molecule has 6 nitrogen and oxygen atoms in total. The monoisotopic (exact) mass is 232 g/mol. The summed E-state index contributed by atoms with van der Waals surface area (Å²) in [6.45, 7) is -0.0548. The van der Waals surface area contributed by atoms with Gasteiger partial charge in [-0.15, -0.1) is 0 Å². The van der Waals surface area contributed by atoms with Gasteiger partial charge in [0.2, 0.25) is 0 Å². The van der Waals surface area contributed by atoms with Crippen molar-refractivity contribution in [1.29, 1.82) is 0 Å². The lowest BCUT2D eigenvalue weighted by atomic mass is 10.2. The molecule has 0 bridgehead atoms. The van der Waals surface area contributed by atoms with Gasteiger partial charge in [-0.25, -0.2) is 4.79 Å². The number of hydrogen-bond donors (Lipinski definition) is 4. The van der Waals surface area contributed by atoms with Gasteiger partial charge in [-0.3, -0.25) is 0 Å². The molecule has 0 unspecified atom stereocenters. The van der Waals surface area contributed by atoms with Crippen molar-refractivity contribution in [2.75, 3.05) is 19.8 Å². The lowest BCUT2D eigenvalue weighted by molar-refractivity contribution is -0.107. The summed E-state index contributed by atoms with van der Waals surface area (Å²) in [5, 5.41) is 22.4. The topological polar surface area (TPSA) is 98.7 Å². The van der Waals surface area contributed by atoms with Crippen LogP contribution in [-0.2, 0) is 4.79 Å². The van der Waals surface area contributed by atoms with Crippen LogP contribution < -0.4 is 10.6 Å². The van der Waals surface area contributed by atoms with Crippen molar-refractivity contribution in [3.8, 4) is 0 Å². The number of nitrogens with one attached hydrogen (secondary N) is 2. The van der Waals surface area contributed by atoms with Crippen molar-refractivity contribution >= 4 is 12.3 Å². The first-order valence-electron chi connectivity index (χ1n) is 5.44. The number of amides is 2. The first-order chi connectivity index (χ1) is 7.74. The number of aliphatic hydroxyl groups is 2. The van der Waals surface area contributed by atoms with Crippen LogP contribution in [0, 0.1) is 0 Å². The molecule has 94 valence electrons. The third-order valence-electron chi connectivity index (χ3n) is 2.06. The Labute approximate surface area is 95.0 Å². The van der Waals surface area contributed by atoms with E-state index in [1.807, 2.05) is 0 Å². The largest absolute Gasteiger partial charge is 0.394 e. The molecule has 0 fully saturated rings. The van der Waals surface area contributed by atoms with Crippen LogP contribution in [0.15, 0.2) is 0 Å². The van der Waals surface area contributed by atoms with Crippen LogP contribution in [0.25, 0.3) is 0 Å². The van der Waals surface area contributed by atoms with Gasteiger partial charge >= 0.3 is 6.03 Å². The standard InChI is InChI=1S/C10H20N2O4/c13-6-4-2-1-3-5-11-10(16)12-9(7-14)8-15/h6,9,14-15H,1-5,7-8H2,(H2,11,12,16). The van der Waals surface area contributed by atoms with Gasteiger partial charge in [-0.2, -0.15) is 0 Å². The zero-order valence-corrected chi connectivity index (χ0v) is 9.32. The Morgan fingerprint density at radius 1 is 1.19 bits per heavy atom. The average molecular weight is 232 g/mol. The van der Waals surface area contributed by atoms with E-state index < -0.39 is 12.1 Å². The fraction of sp³-hybridized carbons (Fsp3) is 0.800. The highest BCUT2D eigenvalue weighted by molar-refractivity contribution is 5.74. The molecule has 0 spiro atoms. The highest BCUT2D eigenvalue weighted by Crippen LogP contribution is 1.96. The van der Waals surface area contributed by atoms with Crippen molar-refractivity contribution < 1.29 is 19.8 Å². The summed E-state index contributed by atoms with van der Waals surface area (Å²) in [7, 11) is 0. The molecule has 0 aromatic carbocycles. The van der Waals surface area contributed by atoms with Crippen LogP contribution in [-0.4, -0.2) is 48.3 Å². The molecule has 0 aliphatic carbocycles. The quantitative estimate of drug-likeness (QED) is 0.315. The Kier molecular flexibility index (Phi) is 9.64. The van der Waals surface area contributed by atoms with Crippen molar-refractivity contribution in [2.45, 2.75) is 31.7 Å². The lowest BCUT2D eigenvalue weighted by Gasteiger charge is -2.13. The molecule has 2 amide bonds. The fourth-order valence-electron chi connectivity index (χ4n) is 1.12. The lowest BCUT2D eigenvalue weighted by Crippen LogP contribution is -2.45. The zero-order chi connectivity index (χ0) is 12.2. The Bertz CT molecular complexity index is 195. The van der Waals surface area contributed by atoms with E-state index in [0.717, 1.165) is 25.5 Å². The molecule has 6 heteroatoms. The molecule has 0 atom stereocenters. The van der Waals surface area contributed by atoms with Crippen molar-refractivity contribution in [1.82, 2.24) is 10.6 Å². The Morgan fingerprint density at radius 2 is 1.88 bits per heavy atom. The number of aliphatic hydroxyl groups excluding tert-OH is 2. The number of carbonyl (C=O) groups is 2. The smallest absolute Gasteiger partial charge is 0.315 e. The molecular weight excluding hydrogens is 212 g/mol. The first kappa shape index (κ1) is 14.9. The maximum absolute atomic E-state index is 11.2. The Hall–Kier alpha value is -1.14. The van der Waals surface area contributed by atoms with E-state index in [-0.39, 0.29) is 13.2 Å². The fourth-order valence-corrected chi connectivity index (χ4v) is 1.12. The maximum atomic E-state index is 11.2. The molecule has 0 saturated carbocycles. The third kappa shape index (κ3) is 8.19. The SMILES string of the molecule is O=CCCCCCNC(=O)NC(CO)CO. The van der Waals surface area contributed by atoms with E-state index in [2.05, 4.69) is 10.6 Å². The van der Waals surface area contributed by atoms with E-state index >= 15 is 0 Å². The number of unbranched alkanes of at least 4 members (excludes halogenated alkanes) is 3. The summed E-state index contributed by atoms with van der Waals surface area (Å²) in [6, 6.07) is -1.02. The molecule has 0 radical (unpaired) electrons. The molecular formula is C10H20N2O4. The minimum absolute atomic E-state index is 0.288. The molecule has 4 N–H and O–H groups in total. The highest BCUT2D eigenvalue weighted by Gasteiger charge is 2.08. The Balaban J connectivity index is 3.39. The summed E-state index contributed by atoms with van der Waals surface area (Å²) in [5.74, 6) is 0. The highest BCUT2D eigenvalue weighted by atomic mass is 16.3. The van der Waals surface area contributed by atoms with Gasteiger partial charge in [-0.05, 0) is 12.8 Å². The van der Waals surface area contributed by atoms with Crippen LogP contribution in [0.1, 0.15) is 25.7 Å². The average Bonchev–Trinajstić information content (AvgIpc) is 2.30. The minimum Gasteiger partial charge on any atom is -0.394 e. The minimum atomic E-state index is -0.616. The predicted molar refractivity (Wildman–Crippen MR) is 59.0 cm³/mol. The van der Waals surface area contributed by atoms with E-state index in [1.165, 1.54) is 0 Å². The van der Waals surface area contributed by atoms with Gasteiger partial charge in [0.1, 0.15) is 6.29 Å². The van der Waals surface area contributed by atoms with E-state index in [4.69, 9.17) is 10.2 Å². The third-order valence-corrected chi connectivity index (χ3v) is 2.06. The van der Waals surface area contributed by atoms with Crippen LogP contribution >= 0.6 is 0 Å². The van der Waals surface area contributed by atoms with Crippen LogP contribution in [0.5, 0.6) is 0 Å². The van der Waals surface area contributed by atoms with Crippen LogP contribution in [0.3, 0.4) is 0 Å². The summed E-state index contributed by atoms with van der Waals surface area (Å²) < 4.78 is 0. The maximum Gasteiger partial charge on any atom is 0.315 e. The molecule has 0 aromatic heterocycles. The van der Waals surface area contributed by atoms with Crippen LogP contribution in [0.4, 0.5) is 4.79 Å².